The average Bonchev–Trinajstić information content (AvgIpc) is 2.79. The number of pyridine rings is 1. The molecule has 0 atom stereocenters. The van der Waals surface area contributed by atoms with Crippen LogP contribution in [0.3, 0.4) is 0 Å². The van der Waals surface area contributed by atoms with Crippen LogP contribution in [0.2, 0.25) is 0 Å². The largest absolute Gasteiger partial charge is 0.295 e. The highest BCUT2D eigenvalue weighted by Gasteiger charge is 2.15. The predicted octanol–water partition coefficient (Wildman–Crippen LogP) is 0.683. The molecule has 2 aromatic heterocycles. The van der Waals surface area contributed by atoms with Crippen LogP contribution in [-0.4, -0.2) is 20.4 Å². The van der Waals surface area contributed by atoms with Crippen LogP contribution in [0.1, 0.15) is 18.5 Å². The summed E-state index contributed by atoms with van der Waals surface area (Å²) in [6.45, 7) is 1.63. The first-order valence-corrected chi connectivity index (χ1v) is 6.98. The maximum Gasteiger partial charge on any atom is 0.275 e. The molecular weight excluding hydrogens is 284 g/mol. The molecule has 2 aromatic rings. The Morgan fingerprint density at radius 2 is 2.09 bits per heavy atom. The lowest BCUT2D eigenvalue weighted by Crippen LogP contribution is -2.35. The molecule has 1 aliphatic carbocycles. The minimum atomic E-state index is -0.402. The van der Waals surface area contributed by atoms with Crippen LogP contribution in [0.25, 0.3) is 10.9 Å². The molecule has 2 heterocycles. The molecule has 1 amide bonds. The van der Waals surface area contributed by atoms with Gasteiger partial charge in [-0.1, -0.05) is 18.2 Å². The molecule has 0 aromatic carbocycles. The van der Waals surface area contributed by atoms with Gasteiger partial charge in [0.15, 0.2) is 0 Å². The molecular formula is C15H16N4O3. The van der Waals surface area contributed by atoms with Crippen molar-refractivity contribution in [3.8, 4) is 0 Å². The Kier molecular flexibility index (Phi) is 3.32. The van der Waals surface area contributed by atoms with Crippen molar-refractivity contribution in [1.82, 2.24) is 14.5 Å². The highest BCUT2D eigenvalue weighted by atomic mass is 16.2. The van der Waals surface area contributed by atoms with E-state index in [0.29, 0.717) is 22.2 Å². The number of hydrogen-bond acceptors (Lipinski definition) is 3. The zero-order valence-corrected chi connectivity index (χ0v) is 12.3. The molecule has 0 saturated carbocycles. The third kappa shape index (κ3) is 2.20. The number of hydrogen-bond donors (Lipinski definition) is 2. The summed E-state index contributed by atoms with van der Waals surface area (Å²) in [4.78, 5) is 36.5. The van der Waals surface area contributed by atoms with Crippen LogP contribution in [0.4, 0.5) is 0 Å². The van der Waals surface area contributed by atoms with E-state index in [-0.39, 0.29) is 11.5 Å². The fourth-order valence-electron chi connectivity index (χ4n) is 2.58. The van der Waals surface area contributed by atoms with Crippen molar-refractivity contribution >= 4 is 16.8 Å². The molecule has 3 rings (SSSR count). The van der Waals surface area contributed by atoms with Crippen molar-refractivity contribution < 1.29 is 4.79 Å². The average molecular weight is 300 g/mol. The van der Waals surface area contributed by atoms with Crippen molar-refractivity contribution in [2.45, 2.75) is 19.8 Å². The molecule has 114 valence electrons. The number of aryl methyl sites for hydroxylation is 2. The lowest BCUT2D eigenvalue weighted by molar-refractivity contribution is -0.113. The fourth-order valence-corrected chi connectivity index (χ4v) is 2.58. The number of rotatable bonds is 2. The fraction of sp³-hybridized carbons (Fsp3) is 0.267. The quantitative estimate of drug-likeness (QED) is 0.855. The smallest absolute Gasteiger partial charge is 0.275 e. The molecule has 0 fully saturated rings. The number of amides is 1. The molecule has 0 unspecified atom stereocenters. The zero-order chi connectivity index (χ0) is 15.9. The van der Waals surface area contributed by atoms with Gasteiger partial charge in [-0.3, -0.25) is 29.6 Å². The molecule has 0 bridgehead atoms. The van der Waals surface area contributed by atoms with Crippen LogP contribution < -0.4 is 16.5 Å². The number of allylic oxidation sites excluding steroid dienone is 2. The normalized spacial score (nSPS) is 14.2. The maximum absolute atomic E-state index is 12.2. The monoisotopic (exact) mass is 300 g/mol. The van der Waals surface area contributed by atoms with Crippen LogP contribution in [0, 0.1) is 6.92 Å². The van der Waals surface area contributed by atoms with Crippen molar-refractivity contribution in [3.63, 3.8) is 0 Å². The summed E-state index contributed by atoms with van der Waals surface area (Å²) in [7, 11) is 1.58. The summed E-state index contributed by atoms with van der Waals surface area (Å²) >= 11 is 0. The molecule has 0 saturated heterocycles. The zero-order valence-electron chi connectivity index (χ0n) is 12.3. The SMILES string of the molecule is Cc1c2c(=O)n(C)[nH]c2cc(=O)n1NC(=O)C1=CCCC=C1. The van der Waals surface area contributed by atoms with Crippen molar-refractivity contribution in [2.24, 2.45) is 7.05 Å². The van der Waals surface area contributed by atoms with Gasteiger partial charge in [0, 0.05) is 18.7 Å². The summed E-state index contributed by atoms with van der Waals surface area (Å²) < 4.78 is 2.42. The third-order valence-electron chi connectivity index (χ3n) is 3.73. The van der Waals surface area contributed by atoms with E-state index >= 15 is 0 Å². The first kappa shape index (κ1) is 14.1. The third-order valence-corrected chi connectivity index (χ3v) is 3.73. The number of aromatic amines is 1. The lowest BCUT2D eigenvalue weighted by Gasteiger charge is -2.13. The Bertz CT molecular complexity index is 940. The Labute approximate surface area is 125 Å². The van der Waals surface area contributed by atoms with E-state index in [1.165, 1.54) is 10.7 Å². The van der Waals surface area contributed by atoms with Crippen molar-refractivity contribution in [3.05, 3.63) is 56.3 Å². The van der Waals surface area contributed by atoms with E-state index in [1.807, 2.05) is 12.2 Å². The van der Waals surface area contributed by atoms with Gasteiger partial charge in [0.25, 0.3) is 17.0 Å². The summed E-state index contributed by atoms with van der Waals surface area (Å²) in [6, 6.07) is 1.30. The van der Waals surface area contributed by atoms with E-state index in [9.17, 15) is 14.4 Å². The van der Waals surface area contributed by atoms with Gasteiger partial charge < -0.3 is 0 Å². The van der Waals surface area contributed by atoms with E-state index in [2.05, 4.69) is 10.5 Å². The number of carbonyl (C=O) groups is 1. The second kappa shape index (κ2) is 5.18. The van der Waals surface area contributed by atoms with Gasteiger partial charge in [-0.25, -0.2) is 4.68 Å². The topological polar surface area (TPSA) is 88.9 Å². The van der Waals surface area contributed by atoms with E-state index in [1.54, 1.807) is 20.0 Å². The summed E-state index contributed by atoms with van der Waals surface area (Å²) in [6.07, 6.45) is 7.16. The Balaban J connectivity index is 2.07. The number of carbonyl (C=O) groups excluding carboxylic acids is 1. The van der Waals surface area contributed by atoms with Crippen molar-refractivity contribution in [1.29, 1.82) is 0 Å². The molecule has 1 aliphatic rings. The van der Waals surface area contributed by atoms with Gasteiger partial charge in [-0.05, 0) is 19.8 Å². The van der Waals surface area contributed by atoms with E-state index < -0.39 is 5.56 Å². The van der Waals surface area contributed by atoms with Gasteiger partial charge in [-0.2, -0.15) is 0 Å². The number of aromatic nitrogens is 3. The molecule has 7 heteroatoms. The highest BCUT2D eigenvalue weighted by Crippen LogP contribution is 2.12. The first-order chi connectivity index (χ1) is 10.5. The molecule has 2 N–H and O–H groups in total. The van der Waals surface area contributed by atoms with E-state index in [4.69, 9.17) is 0 Å². The Morgan fingerprint density at radius 3 is 2.77 bits per heavy atom. The predicted molar refractivity (Wildman–Crippen MR) is 83.4 cm³/mol. The second-order valence-corrected chi connectivity index (χ2v) is 5.25. The van der Waals surface area contributed by atoms with Gasteiger partial charge in [0.2, 0.25) is 0 Å². The molecule has 0 radical (unpaired) electrons. The number of nitrogens with one attached hydrogen (secondary N) is 2. The number of nitrogens with zero attached hydrogens (tertiary/aromatic N) is 2. The Hall–Kier alpha value is -2.83. The van der Waals surface area contributed by atoms with Gasteiger partial charge in [0.1, 0.15) is 0 Å². The number of fused-ring (bicyclic) bond motifs is 1. The number of H-pyrrole nitrogens is 1. The Morgan fingerprint density at radius 1 is 1.32 bits per heavy atom. The van der Waals surface area contributed by atoms with Crippen LogP contribution in [-0.2, 0) is 11.8 Å². The highest BCUT2D eigenvalue weighted by molar-refractivity contribution is 6.02. The first-order valence-electron chi connectivity index (χ1n) is 6.98. The minimum absolute atomic E-state index is 0.243. The second-order valence-electron chi connectivity index (χ2n) is 5.25. The van der Waals surface area contributed by atoms with Crippen LogP contribution in [0.15, 0.2) is 39.5 Å². The van der Waals surface area contributed by atoms with Gasteiger partial charge in [0.05, 0.1) is 16.6 Å². The summed E-state index contributed by atoms with van der Waals surface area (Å²) in [5.74, 6) is -0.368. The standard InChI is InChI=1S/C15H16N4O3/c1-9-13-11(16-18(2)15(13)22)8-12(20)19(9)17-14(21)10-6-4-3-5-7-10/h4,6-8,16H,3,5H2,1-2H3,(H,17,21). The molecule has 7 nitrogen and oxygen atoms in total. The molecule has 22 heavy (non-hydrogen) atoms. The molecule has 0 spiro atoms. The van der Waals surface area contributed by atoms with Crippen molar-refractivity contribution in [2.75, 3.05) is 5.43 Å². The van der Waals surface area contributed by atoms with Gasteiger partial charge >= 0.3 is 0 Å². The lowest BCUT2D eigenvalue weighted by atomic mass is 10.1. The summed E-state index contributed by atoms with van der Waals surface area (Å²) in [5, 5.41) is 3.19. The summed E-state index contributed by atoms with van der Waals surface area (Å²) in [5.41, 5.74) is 3.29. The van der Waals surface area contributed by atoms with Crippen LogP contribution >= 0.6 is 0 Å². The molecule has 0 aliphatic heterocycles. The maximum atomic E-state index is 12.2. The van der Waals surface area contributed by atoms with E-state index in [0.717, 1.165) is 17.5 Å². The van der Waals surface area contributed by atoms with Crippen LogP contribution in [0.5, 0.6) is 0 Å². The van der Waals surface area contributed by atoms with Gasteiger partial charge in [-0.15, -0.1) is 0 Å². The minimum Gasteiger partial charge on any atom is -0.295 e.